The molecule has 0 radical (unpaired) electrons. The van der Waals surface area contributed by atoms with Gasteiger partial charge in [-0.1, -0.05) is 0 Å². The summed E-state index contributed by atoms with van der Waals surface area (Å²) in [6, 6.07) is 7.21. The number of benzene rings is 2. The molecule has 2 aromatic carbocycles. The molecule has 0 heterocycles. The van der Waals surface area contributed by atoms with Crippen LogP contribution in [0.15, 0.2) is 36.4 Å². The Morgan fingerprint density at radius 2 is 1.45 bits per heavy atom. The molecule has 0 atom stereocenters. The summed E-state index contributed by atoms with van der Waals surface area (Å²) in [5, 5.41) is 2.71. The second kappa shape index (κ2) is 4.92. The molecule has 3 nitrogen and oxygen atoms in total. The maximum Gasteiger partial charge on any atom is 0.419 e. The fourth-order valence-electron chi connectivity index (χ4n) is 1.64. The Morgan fingerprint density at radius 1 is 0.850 bits per heavy atom. The Kier molecular flexibility index (Phi) is 3.44. The molecule has 0 spiro atoms. The van der Waals surface area contributed by atoms with E-state index in [1.807, 2.05) is 0 Å². The summed E-state index contributed by atoms with van der Waals surface area (Å²) in [4.78, 5) is 0. The van der Waals surface area contributed by atoms with Gasteiger partial charge in [0.25, 0.3) is 0 Å². The first kappa shape index (κ1) is 14.0. The van der Waals surface area contributed by atoms with Crippen LogP contribution in [0, 0.1) is 5.82 Å². The molecule has 0 amide bonds. The van der Waals surface area contributed by atoms with Crippen LogP contribution in [0.2, 0.25) is 0 Å². The zero-order valence-corrected chi connectivity index (χ0v) is 10.1. The summed E-state index contributed by atoms with van der Waals surface area (Å²) in [5.41, 5.74) is 11.0. The number of hydrogen-bond acceptors (Lipinski definition) is 3. The van der Waals surface area contributed by atoms with E-state index in [0.29, 0.717) is 23.1 Å². The van der Waals surface area contributed by atoms with Crippen LogP contribution in [0.5, 0.6) is 0 Å². The van der Waals surface area contributed by atoms with Crippen molar-refractivity contribution in [2.24, 2.45) is 0 Å². The monoisotopic (exact) mass is 285 g/mol. The standard InChI is InChI=1S/C13H11F4N3/c14-10-3-1-7(5-9(10)13(15,16)17)20-8-2-4-11(18)12(19)6-8/h1-6,20H,18-19H2. The van der Waals surface area contributed by atoms with Crippen molar-refractivity contribution in [3.63, 3.8) is 0 Å². The average Bonchev–Trinajstić information content (AvgIpc) is 2.35. The van der Waals surface area contributed by atoms with Crippen molar-refractivity contribution in [1.29, 1.82) is 0 Å². The lowest BCUT2D eigenvalue weighted by molar-refractivity contribution is -0.139. The molecule has 2 aromatic rings. The molecule has 0 saturated heterocycles. The van der Waals surface area contributed by atoms with Crippen LogP contribution in [-0.2, 0) is 6.18 Å². The van der Waals surface area contributed by atoms with Crippen LogP contribution in [-0.4, -0.2) is 0 Å². The molecule has 0 unspecified atom stereocenters. The minimum Gasteiger partial charge on any atom is -0.397 e. The second-order valence-electron chi connectivity index (χ2n) is 4.16. The van der Waals surface area contributed by atoms with Gasteiger partial charge < -0.3 is 16.8 Å². The molecular weight excluding hydrogens is 274 g/mol. The third-order valence-electron chi connectivity index (χ3n) is 2.65. The molecule has 7 heteroatoms. The molecule has 0 aliphatic carbocycles. The number of anilines is 4. The highest BCUT2D eigenvalue weighted by Gasteiger charge is 2.34. The Hall–Kier alpha value is -2.44. The topological polar surface area (TPSA) is 64.1 Å². The summed E-state index contributed by atoms with van der Waals surface area (Å²) < 4.78 is 50.9. The van der Waals surface area contributed by atoms with Gasteiger partial charge in [0.2, 0.25) is 0 Å². The van der Waals surface area contributed by atoms with E-state index in [2.05, 4.69) is 5.32 Å². The van der Waals surface area contributed by atoms with E-state index in [4.69, 9.17) is 11.5 Å². The summed E-state index contributed by atoms with van der Waals surface area (Å²) in [6.45, 7) is 0. The number of nitrogens with one attached hydrogen (secondary N) is 1. The highest BCUT2D eigenvalue weighted by molar-refractivity contribution is 5.72. The Balaban J connectivity index is 2.32. The molecule has 0 fully saturated rings. The molecule has 0 aliphatic rings. The first-order valence-electron chi connectivity index (χ1n) is 5.56. The SMILES string of the molecule is Nc1ccc(Nc2ccc(F)c(C(F)(F)F)c2)cc1N. The van der Waals surface area contributed by atoms with Gasteiger partial charge in [0, 0.05) is 11.4 Å². The maximum absolute atomic E-state index is 13.1. The lowest BCUT2D eigenvalue weighted by atomic mass is 10.1. The maximum atomic E-state index is 13.1. The average molecular weight is 285 g/mol. The Bertz CT molecular complexity index is 638. The molecule has 0 bridgehead atoms. The van der Waals surface area contributed by atoms with Crippen molar-refractivity contribution in [3.8, 4) is 0 Å². The van der Waals surface area contributed by atoms with Gasteiger partial charge in [-0.15, -0.1) is 0 Å². The van der Waals surface area contributed by atoms with E-state index in [0.717, 1.165) is 6.07 Å². The van der Waals surface area contributed by atoms with Gasteiger partial charge in [0.05, 0.1) is 16.9 Å². The molecule has 2 rings (SSSR count). The third kappa shape index (κ3) is 2.93. The highest BCUT2D eigenvalue weighted by Crippen LogP contribution is 2.34. The fraction of sp³-hybridized carbons (Fsp3) is 0.0769. The number of alkyl halides is 3. The molecule has 0 aliphatic heterocycles. The lowest BCUT2D eigenvalue weighted by Gasteiger charge is -2.12. The second-order valence-corrected chi connectivity index (χ2v) is 4.16. The summed E-state index contributed by atoms with van der Waals surface area (Å²) in [5.74, 6) is -1.32. The van der Waals surface area contributed by atoms with Crippen LogP contribution >= 0.6 is 0 Å². The van der Waals surface area contributed by atoms with Crippen molar-refractivity contribution in [2.45, 2.75) is 6.18 Å². The normalized spacial score (nSPS) is 11.4. The van der Waals surface area contributed by atoms with Crippen LogP contribution in [0.25, 0.3) is 0 Å². The van der Waals surface area contributed by atoms with Crippen molar-refractivity contribution in [3.05, 3.63) is 47.8 Å². The summed E-state index contributed by atoms with van der Waals surface area (Å²) in [7, 11) is 0. The van der Waals surface area contributed by atoms with E-state index in [9.17, 15) is 17.6 Å². The Labute approximate surface area is 112 Å². The predicted octanol–water partition coefficient (Wildman–Crippen LogP) is 3.75. The highest BCUT2D eigenvalue weighted by atomic mass is 19.4. The van der Waals surface area contributed by atoms with E-state index >= 15 is 0 Å². The molecule has 20 heavy (non-hydrogen) atoms. The van der Waals surface area contributed by atoms with Gasteiger partial charge in [-0.05, 0) is 36.4 Å². The minimum atomic E-state index is -4.75. The van der Waals surface area contributed by atoms with Crippen LogP contribution in [0.1, 0.15) is 5.56 Å². The van der Waals surface area contributed by atoms with Crippen molar-refractivity contribution < 1.29 is 17.6 Å². The van der Waals surface area contributed by atoms with Crippen molar-refractivity contribution >= 4 is 22.7 Å². The van der Waals surface area contributed by atoms with Crippen LogP contribution in [0.3, 0.4) is 0 Å². The van der Waals surface area contributed by atoms with Gasteiger partial charge in [-0.2, -0.15) is 13.2 Å². The van der Waals surface area contributed by atoms with Gasteiger partial charge in [0.15, 0.2) is 0 Å². The van der Waals surface area contributed by atoms with Gasteiger partial charge in [-0.25, -0.2) is 4.39 Å². The van der Waals surface area contributed by atoms with E-state index in [-0.39, 0.29) is 5.69 Å². The van der Waals surface area contributed by atoms with Crippen molar-refractivity contribution in [2.75, 3.05) is 16.8 Å². The first-order chi connectivity index (χ1) is 9.27. The van der Waals surface area contributed by atoms with E-state index in [1.165, 1.54) is 18.2 Å². The zero-order chi connectivity index (χ0) is 14.9. The number of nitrogens with two attached hydrogens (primary N) is 2. The Morgan fingerprint density at radius 3 is 2.05 bits per heavy atom. The van der Waals surface area contributed by atoms with Crippen LogP contribution in [0.4, 0.5) is 40.3 Å². The molecule has 0 aromatic heterocycles. The molecular formula is C13H11F4N3. The van der Waals surface area contributed by atoms with Crippen LogP contribution < -0.4 is 16.8 Å². The smallest absolute Gasteiger partial charge is 0.397 e. The summed E-state index contributed by atoms with van der Waals surface area (Å²) >= 11 is 0. The molecule has 5 N–H and O–H groups in total. The quantitative estimate of drug-likeness (QED) is 0.581. The lowest BCUT2D eigenvalue weighted by Crippen LogP contribution is -2.08. The number of hydrogen-bond donors (Lipinski definition) is 3. The largest absolute Gasteiger partial charge is 0.419 e. The number of halogens is 4. The predicted molar refractivity (Wildman–Crippen MR) is 70.0 cm³/mol. The van der Waals surface area contributed by atoms with Gasteiger partial charge >= 0.3 is 6.18 Å². The molecule has 106 valence electrons. The summed E-state index contributed by atoms with van der Waals surface area (Å²) in [6.07, 6.45) is -4.75. The minimum absolute atomic E-state index is 0.0999. The van der Waals surface area contributed by atoms with Crippen molar-refractivity contribution in [1.82, 2.24) is 0 Å². The van der Waals surface area contributed by atoms with E-state index < -0.39 is 17.6 Å². The van der Waals surface area contributed by atoms with Gasteiger partial charge in [-0.3, -0.25) is 0 Å². The van der Waals surface area contributed by atoms with E-state index in [1.54, 1.807) is 6.07 Å². The number of rotatable bonds is 2. The van der Waals surface area contributed by atoms with Gasteiger partial charge in [0.1, 0.15) is 5.82 Å². The fourth-order valence-corrected chi connectivity index (χ4v) is 1.64. The first-order valence-corrected chi connectivity index (χ1v) is 5.56. The number of nitrogen functional groups attached to an aromatic ring is 2. The third-order valence-corrected chi connectivity index (χ3v) is 2.65. The molecule has 0 saturated carbocycles. The zero-order valence-electron chi connectivity index (χ0n) is 10.1.